The Morgan fingerprint density at radius 3 is 0.892 bits per heavy atom. The maximum absolute atomic E-state index is 13.0. The molecule has 4 aromatic carbocycles. The van der Waals surface area contributed by atoms with Crippen molar-refractivity contribution in [1.29, 1.82) is 0 Å². The zero-order chi connectivity index (χ0) is 46.2. The molecule has 4 aromatic rings. The average molecular weight is 931 g/mol. The van der Waals surface area contributed by atoms with Crippen molar-refractivity contribution in [2.75, 3.05) is 6.16 Å². The van der Waals surface area contributed by atoms with Crippen molar-refractivity contribution in [1.82, 2.24) is 0 Å². The van der Waals surface area contributed by atoms with Gasteiger partial charge in [0.2, 0.25) is 0 Å². The highest BCUT2D eigenvalue weighted by Crippen LogP contribution is 2.33. The minimum absolute atomic E-state index is 0. The highest BCUT2D eigenvalue weighted by molar-refractivity contribution is 7.16. The van der Waals surface area contributed by atoms with Crippen LogP contribution in [0.25, 0.3) is 0 Å². The fourth-order valence-corrected chi connectivity index (χ4v) is 8.74. The van der Waals surface area contributed by atoms with Gasteiger partial charge in [0, 0.05) is 0 Å². The molecule has 65 heavy (non-hydrogen) atoms. The summed E-state index contributed by atoms with van der Waals surface area (Å²) < 4.78 is 74.6. The summed E-state index contributed by atoms with van der Waals surface area (Å²) in [5, 5.41) is 39.4. The normalized spacial score (nSPS) is 20.7. The number of aliphatic hydroxyl groups is 4. The minimum atomic E-state index is -0.435. The van der Waals surface area contributed by atoms with Crippen molar-refractivity contribution in [3.8, 4) is 23.0 Å². The SMILES string of the molecule is C.CCC[C@@H](O)[C@@H]1CCc2cc(F)ccc2O1.CCC[C@@H](O)[C@H]1CCc2cc(F)ccc2O1.CCC[C@H](O)[C@@H]1CCc2cc(F)ccc2O1.O[C@@H](CCP)[C@H]1CCc2cc(F)ccc2O1. The van der Waals surface area contributed by atoms with Gasteiger partial charge >= 0.3 is 0 Å². The third-order valence-corrected chi connectivity index (χ3v) is 12.3. The van der Waals surface area contributed by atoms with Crippen molar-refractivity contribution >= 4 is 9.24 Å². The summed E-state index contributed by atoms with van der Waals surface area (Å²) in [6.07, 6.45) is 10.5. The van der Waals surface area contributed by atoms with E-state index in [1.54, 1.807) is 24.3 Å². The van der Waals surface area contributed by atoms with Crippen LogP contribution in [-0.2, 0) is 25.7 Å². The maximum Gasteiger partial charge on any atom is 0.125 e. The Morgan fingerprint density at radius 2 is 0.677 bits per heavy atom. The first-order valence-electron chi connectivity index (χ1n) is 23.0. The Morgan fingerprint density at radius 1 is 0.446 bits per heavy atom. The van der Waals surface area contributed by atoms with Gasteiger partial charge in [0.15, 0.2) is 0 Å². The van der Waals surface area contributed by atoms with Crippen LogP contribution in [0.3, 0.4) is 0 Å². The third-order valence-electron chi connectivity index (χ3n) is 11.9. The lowest BCUT2D eigenvalue weighted by Crippen LogP contribution is -2.35. The molecular weight excluding hydrogens is 860 g/mol. The van der Waals surface area contributed by atoms with E-state index in [-0.39, 0.29) is 55.1 Å². The number of benzene rings is 4. The molecule has 13 heteroatoms. The Hall–Kier alpha value is -3.93. The van der Waals surface area contributed by atoms with E-state index >= 15 is 0 Å². The van der Waals surface area contributed by atoms with Crippen LogP contribution in [0.4, 0.5) is 17.6 Å². The fourth-order valence-electron chi connectivity index (χ4n) is 8.40. The second kappa shape index (κ2) is 27.0. The summed E-state index contributed by atoms with van der Waals surface area (Å²) in [7, 11) is 2.60. The predicted octanol–water partition coefficient (Wildman–Crippen LogP) is 10.8. The number of hydrogen-bond donors (Lipinski definition) is 4. The first-order valence-corrected chi connectivity index (χ1v) is 23.9. The summed E-state index contributed by atoms with van der Waals surface area (Å²) in [5.41, 5.74) is 3.61. The van der Waals surface area contributed by atoms with E-state index in [4.69, 9.17) is 18.9 Å². The first kappa shape index (κ1) is 53.7. The number of rotatable bonds is 12. The van der Waals surface area contributed by atoms with Gasteiger partial charge in [-0.15, -0.1) is 9.24 Å². The van der Waals surface area contributed by atoms with Gasteiger partial charge < -0.3 is 39.4 Å². The van der Waals surface area contributed by atoms with Gasteiger partial charge in [0.1, 0.15) is 70.7 Å². The number of fused-ring (bicyclic) bond motifs is 4. The molecule has 0 amide bonds. The van der Waals surface area contributed by atoms with Gasteiger partial charge in [-0.1, -0.05) is 47.5 Å². The molecule has 4 aliphatic rings. The molecule has 8 rings (SSSR count). The zero-order valence-corrected chi connectivity index (χ0v) is 38.5. The van der Waals surface area contributed by atoms with Crippen molar-refractivity contribution in [3.05, 3.63) is 118 Å². The topological polar surface area (TPSA) is 118 Å². The molecule has 0 fully saturated rings. The van der Waals surface area contributed by atoms with Gasteiger partial charge in [-0.2, -0.15) is 0 Å². The van der Waals surface area contributed by atoms with Gasteiger partial charge in [-0.05, 0) is 178 Å². The van der Waals surface area contributed by atoms with Crippen molar-refractivity contribution in [2.24, 2.45) is 0 Å². The van der Waals surface area contributed by atoms with E-state index < -0.39 is 24.4 Å². The van der Waals surface area contributed by atoms with Crippen LogP contribution in [0.1, 0.15) is 121 Å². The van der Waals surface area contributed by atoms with Crippen LogP contribution in [0, 0.1) is 23.3 Å². The number of aryl methyl sites for hydroxylation is 4. The van der Waals surface area contributed by atoms with Crippen LogP contribution >= 0.6 is 9.24 Å². The molecule has 4 heterocycles. The average Bonchev–Trinajstić information content (AvgIpc) is 3.29. The lowest BCUT2D eigenvalue weighted by Gasteiger charge is -2.29. The molecule has 4 aliphatic heterocycles. The van der Waals surface area contributed by atoms with Crippen LogP contribution < -0.4 is 18.9 Å². The molecule has 4 N–H and O–H groups in total. The van der Waals surface area contributed by atoms with Crippen LogP contribution in [0.2, 0.25) is 0 Å². The Kier molecular flexibility index (Phi) is 22.3. The van der Waals surface area contributed by atoms with Crippen molar-refractivity contribution < 1.29 is 56.9 Å². The molecule has 0 spiro atoms. The van der Waals surface area contributed by atoms with Crippen LogP contribution in [-0.4, -0.2) is 75.4 Å². The summed E-state index contributed by atoms with van der Waals surface area (Å²) in [5.74, 6) is 1.94. The van der Waals surface area contributed by atoms with Gasteiger partial charge in [-0.25, -0.2) is 17.6 Å². The number of ether oxygens (including phenoxy) is 4. The number of hydrogen-bond acceptors (Lipinski definition) is 8. The van der Waals surface area contributed by atoms with Crippen LogP contribution in [0.15, 0.2) is 72.8 Å². The van der Waals surface area contributed by atoms with E-state index in [0.29, 0.717) is 29.4 Å². The molecule has 1 unspecified atom stereocenters. The molecule has 0 bridgehead atoms. The minimum Gasteiger partial charge on any atom is -0.487 e. The third kappa shape index (κ3) is 16.1. The highest BCUT2D eigenvalue weighted by atomic mass is 31.0. The van der Waals surface area contributed by atoms with E-state index in [1.807, 2.05) is 20.8 Å². The molecule has 0 saturated heterocycles. The second-order valence-corrected chi connectivity index (χ2v) is 17.6. The second-order valence-electron chi connectivity index (χ2n) is 17.0. The Labute approximate surface area is 385 Å². The quantitative estimate of drug-likeness (QED) is 0.0820. The summed E-state index contributed by atoms with van der Waals surface area (Å²) in [4.78, 5) is 0. The Balaban J connectivity index is 0.000000189. The molecule has 8 nitrogen and oxygen atoms in total. The van der Waals surface area contributed by atoms with Crippen molar-refractivity contribution in [2.45, 2.75) is 173 Å². The standard InChI is InChI=1S/3C13H17FO2.C12H16FO2P.CH4/c3*1-2-3-11(15)13-6-4-9-8-10(14)5-7-12(9)16-13;13-9-2-4-11-8(7-9)1-3-12(15-11)10(14)5-6-16;/h3*5,7-8,11,13,15H,2-4,6H2,1H3;2,4,7,10,12,14H,1,3,5-6,16H2;1H4/t11-,13+;2*11-,13-;10-,12+;/m1100./s1. The predicted molar refractivity (Wildman–Crippen MR) is 251 cm³/mol. The summed E-state index contributed by atoms with van der Waals surface area (Å²) >= 11 is 0. The molecule has 0 aliphatic carbocycles. The van der Waals surface area contributed by atoms with E-state index in [2.05, 4.69) is 9.24 Å². The van der Waals surface area contributed by atoms with Gasteiger partial charge in [-0.3, -0.25) is 0 Å². The van der Waals surface area contributed by atoms with Gasteiger partial charge in [0.05, 0.1) is 24.4 Å². The fraction of sp³-hybridized carbons (Fsp3) is 0.538. The first-order chi connectivity index (χ1) is 30.8. The summed E-state index contributed by atoms with van der Waals surface area (Å²) in [6.45, 7) is 6.11. The lowest BCUT2D eigenvalue weighted by atomic mass is 9.97. The van der Waals surface area contributed by atoms with E-state index in [0.717, 1.165) is 118 Å². The zero-order valence-electron chi connectivity index (χ0n) is 37.4. The number of aliphatic hydroxyl groups excluding tert-OH is 4. The summed E-state index contributed by atoms with van der Waals surface area (Å²) in [6, 6.07) is 18.2. The molecule has 0 aromatic heterocycles. The lowest BCUT2D eigenvalue weighted by molar-refractivity contribution is 0.0186. The van der Waals surface area contributed by atoms with Gasteiger partial charge in [0.25, 0.3) is 0 Å². The van der Waals surface area contributed by atoms with Crippen LogP contribution in [0.5, 0.6) is 23.0 Å². The monoisotopic (exact) mass is 930 g/mol. The molecule has 0 saturated carbocycles. The molecule has 360 valence electrons. The Bertz CT molecular complexity index is 1750. The maximum atomic E-state index is 13.0. The largest absolute Gasteiger partial charge is 0.487 e. The smallest absolute Gasteiger partial charge is 0.125 e. The van der Waals surface area contributed by atoms with E-state index in [9.17, 15) is 38.0 Å². The van der Waals surface area contributed by atoms with E-state index in [1.165, 1.54) is 48.5 Å². The molecule has 9 atom stereocenters. The highest BCUT2D eigenvalue weighted by Gasteiger charge is 2.29. The van der Waals surface area contributed by atoms with Crippen molar-refractivity contribution in [3.63, 3.8) is 0 Å². The number of halogens is 4. The molecule has 0 radical (unpaired) electrons. The molecular formula is C52H71F4O8P.